The van der Waals surface area contributed by atoms with Crippen LogP contribution in [0.25, 0.3) is 0 Å². The lowest BCUT2D eigenvalue weighted by molar-refractivity contribution is 0.0910. The fraction of sp³-hybridized carbons (Fsp3) is 0.438. The van der Waals surface area contributed by atoms with Gasteiger partial charge in [0.15, 0.2) is 17.6 Å². The average Bonchev–Trinajstić information content (AvgIpc) is 2.89. The first kappa shape index (κ1) is 14.4. The molecule has 0 bridgehead atoms. The summed E-state index contributed by atoms with van der Waals surface area (Å²) in [6.45, 7) is 5.41. The number of thiazole rings is 1. The van der Waals surface area contributed by atoms with Crippen molar-refractivity contribution in [3.63, 3.8) is 0 Å². The monoisotopic (exact) mass is 304 g/mol. The highest BCUT2D eigenvalue weighted by molar-refractivity contribution is 7.11. The summed E-state index contributed by atoms with van der Waals surface area (Å²) in [5, 5.41) is 0.959. The van der Waals surface area contributed by atoms with Crippen LogP contribution in [0, 0.1) is 5.92 Å². The third kappa shape index (κ3) is 3.04. The fourth-order valence-corrected chi connectivity index (χ4v) is 3.37. The van der Waals surface area contributed by atoms with Crippen molar-refractivity contribution < 1.29 is 9.47 Å². The molecule has 4 nitrogen and oxygen atoms in total. The van der Waals surface area contributed by atoms with Gasteiger partial charge in [-0.25, -0.2) is 4.98 Å². The molecular weight excluding hydrogens is 284 g/mol. The van der Waals surface area contributed by atoms with Gasteiger partial charge in [-0.2, -0.15) is 0 Å². The molecule has 0 saturated carbocycles. The summed E-state index contributed by atoms with van der Waals surface area (Å²) in [5.41, 5.74) is 6.95. The van der Waals surface area contributed by atoms with Crippen molar-refractivity contribution in [2.24, 2.45) is 11.7 Å². The van der Waals surface area contributed by atoms with Gasteiger partial charge in [-0.1, -0.05) is 26.0 Å². The molecule has 2 N–H and O–H groups in total. The van der Waals surface area contributed by atoms with Crippen molar-refractivity contribution in [2.45, 2.75) is 32.9 Å². The molecule has 0 aliphatic carbocycles. The smallest absolute Gasteiger partial charge is 0.184 e. The Morgan fingerprint density at radius 2 is 2.10 bits per heavy atom. The van der Waals surface area contributed by atoms with E-state index >= 15 is 0 Å². The number of para-hydroxylation sites is 2. The first-order chi connectivity index (χ1) is 10.2. The topological polar surface area (TPSA) is 57.4 Å². The summed E-state index contributed by atoms with van der Waals surface area (Å²) >= 11 is 1.64. The molecule has 1 aliphatic heterocycles. The second-order valence-electron chi connectivity index (χ2n) is 5.59. The van der Waals surface area contributed by atoms with Crippen LogP contribution < -0.4 is 15.2 Å². The van der Waals surface area contributed by atoms with Crippen LogP contribution in [0.15, 0.2) is 24.3 Å². The summed E-state index contributed by atoms with van der Waals surface area (Å²) in [4.78, 5) is 5.91. The van der Waals surface area contributed by atoms with E-state index in [1.54, 1.807) is 11.3 Å². The predicted molar refractivity (Wildman–Crippen MR) is 83.9 cm³/mol. The van der Waals surface area contributed by atoms with E-state index < -0.39 is 0 Å². The van der Waals surface area contributed by atoms with Gasteiger partial charge < -0.3 is 15.2 Å². The summed E-state index contributed by atoms with van der Waals surface area (Å²) < 4.78 is 11.8. The Labute approximate surface area is 128 Å². The molecule has 1 aromatic heterocycles. The molecule has 1 aromatic carbocycles. The number of fused-ring (bicyclic) bond motifs is 1. The van der Waals surface area contributed by atoms with Crippen molar-refractivity contribution in [1.82, 2.24) is 4.98 Å². The van der Waals surface area contributed by atoms with E-state index in [4.69, 9.17) is 20.2 Å². The summed E-state index contributed by atoms with van der Waals surface area (Å²) in [6.07, 6.45) is 0.809. The van der Waals surface area contributed by atoms with E-state index in [0.29, 0.717) is 19.1 Å². The molecule has 2 heterocycles. The van der Waals surface area contributed by atoms with Crippen LogP contribution in [0.5, 0.6) is 11.5 Å². The molecule has 0 radical (unpaired) electrons. The normalized spacial score (nSPS) is 17.2. The van der Waals surface area contributed by atoms with Crippen molar-refractivity contribution in [3.05, 3.63) is 39.8 Å². The maximum atomic E-state index is 6.02. The van der Waals surface area contributed by atoms with E-state index in [1.807, 2.05) is 24.3 Å². The molecular formula is C16H20N2O2S. The van der Waals surface area contributed by atoms with Gasteiger partial charge in [0.05, 0.1) is 5.69 Å². The Hall–Kier alpha value is -1.59. The zero-order chi connectivity index (χ0) is 14.8. The number of nitrogens with two attached hydrogens (primary N) is 1. The van der Waals surface area contributed by atoms with Crippen molar-refractivity contribution in [2.75, 3.05) is 6.61 Å². The molecule has 1 unspecified atom stereocenters. The number of benzene rings is 1. The molecule has 3 rings (SSSR count). The van der Waals surface area contributed by atoms with Crippen LogP contribution in [0.2, 0.25) is 0 Å². The van der Waals surface area contributed by atoms with E-state index in [-0.39, 0.29) is 6.10 Å². The van der Waals surface area contributed by atoms with Crippen LogP contribution in [-0.4, -0.2) is 11.6 Å². The largest absolute Gasteiger partial charge is 0.485 e. The second kappa shape index (κ2) is 6.03. The lowest BCUT2D eigenvalue weighted by Crippen LogP contribution is -2.21. The van der Waals surface area contributed by atoms with Crippen molar-refractivity contribution >= 4 is 11.3 Å². The standard InChI is InChI=1S/C16H20N2O2S/c1-10(2)7-11-15(8-17)21-16(18-11)14-9-19-12-5-3-4-6-13(12)20-14/h3-6,10,14H,7-9,17H2,1-2H3. The first-order valence-electron chi connectivity index (χ1n) is 7.24. The van der Waals surface area contributed by atoms with Gasteiger partial charge in [-0.15, -0.1) is 11.3 Å². The highest BCUT2D eigenvalue weighted by Crippen LogP contribution is 2.37. The van der Waals surface area contributed by atoms with Gasteiger partial charge in [-0.05, 0) is 24.5 Å². The lowest BCUT2D eigenvalue weighted by atomic mass is 10.1. The Morgan fingerprint density at radius 3 is 2.81 bits per heavy atom. The van der Waals surface area contributed by atoms with Crippen molar-refractivity contribution in [1.29, 1.82) is 0 Å². The molecule has 1 aliphatic rings. The number of nitrogens with zero attached hydrogens (tertiary/aromatic N) is 1. The number of rotatable bonds is 4. The fourth-order valence-electron chi connectivity index (χ4n) is 2.39. The number of hydrogen-bond donors (Lipinski definition) is 1. The summed E-state index contributed by atoms with van der Waals surface area (Å²) in [5.74, 6) is 2.14. The average molecular weight is 304 g/mol. The predicted octanol–water partition coefficient (Wildman–Crippen LogP) is 3.31. The Balaban J connectivity index is 1.83. The molecule has 2 aromatic rings. The van der Waals surface area contributed by atoms with E-state index in [2.05, 4.69) is 13.8 Å². The lowest BCUT2D eigenvalue weighted by Gasteiger charge is -2.24. The third-order valence-electron chi connectivity index (χ3n) is 3.37. The van der Waals surface area contributed by atoms with Gasteiger partial charge in [0.1, 0.15) is 11.6 Å². The van der Waals surface area contributed by atoms with Crippen LogP contribution in [0.3, 0.4) is 0 Å². The minimum atomic E-state index is -0.142. The molecule has 21 heavy (non-hydrogen) atoms. The SMILES string of the molecule is CC(C)Cc1nc(C2COc3ccccc3O2)sc1CN. The van der Waals surface area contributed by atoms with Crippen molar-refractivity contribution in [3.8, 4) is 11.5 Å². The highest BCUT2D eigenvalue weighted by atomic mass is 32.1. The van der Waals surface area contributed by atoms with Gasteiger partial charge in [0.2, 0.25) is 0 Å². The van der Waals surface area contributed by atoms with Crippen LogP contribution in [0.4, 0.5) is 0 Å². The van der Waals surface area contributed by atoms with Crippen LogP contribution in [0.1, 0.15) is 35.5 Å². The van der Waals surface area contributed by atoms with Gasteiger partial charge >= 0.3 is 0 Å². The van der Waals surface area contributed by atoms with E-state index in [9.17, 15) is 0 Å². The Kier molecular flexibility index (Phi) is 4.12. The molecule has 1 atom stereocenters. The molecule has 0 fully saturated rings. The van der Waals surface area contributed by atoms with Crippen LogP contribution in [-0.2, 0) is 13.0 Å². The molecule has 112 valence electrons. The molecule has 5 heteroatoms. The zero-order valence-corrected chi connectivity index (χ0v) is 13.2. The summed E-state index contributed by atoms with van der Waals surface area (Å²) in [6, 6.07) is 7.73. The quantitative estimate of drug-likeness (QED) is 0.941. The molecule has 0 saturated heterocycles. The highest BCUT2D eigenvalue weighted by Gasteiger charge is 2.26. The van der Waals surface area contributed by atoms with Crippen LogP contribution >= 0.6 is 11.3 Å². The first-order valence-corrected chi connectivity index (χ1v) is 8.06. The minimum absolute atomic E-state index is 0.142. The van der Waals surface area contributed by atoms with E-state index in [0.717, 1.165) is 33.5 Å². The van der Waals surface area contributed by atoms with Gasteiger partial charge in [0.25, 0.3) is 0 Å². The van der Waals surface area contributed by atoms with E-state index in [1.165, 1.54) is 0 Å². The Morgan fingerprint density at radius 1 is 1.33 bits per heavy atom. The molecule has 0 spiro atoms. The zero-order valence-electron chi connectivity index (χ0n) is 12.3. The number of aromatic nitrogens is 1. The second-order valence-corrected chi connectivity index (χ2v) is 6.70. The Bertz CT molecular complexity index is 624. The minimum Gasteiger partial charge on any atom is -0.485 e. The van der Waals surface area contributed by atoms with Gasteiger partial charge in [-0.3, -0.25) is 0 Å². The number of hydrogen-bond acceptors (Lipinski definition) is 5. The third-order valence-corrected chi connectivity index (χ3v) is 4.58. The van der Waals surface area contributed by atoms with Gasteiger partial charge in [0, 0.05) is 11.4 Å². The maximum Gasteiger partial charge on any atom is 0.184 e. The maximum absolute atomic E-state index is 6.02. The number of ether oxygens (including phenoxy) is 2. The molecule has 0 amide bonds. The summed E-state index contributed by atoms with van der Waals surface area (Å²) in [7, 11) is 0.